The van der Waals surface area contributed by atoms with Crippen molar-refractivity contribution in [2.45, 2.75) is 39.3 Å². The van der Waals surface area contributed by atoms with Crippen LogP contribution in [0.2, 0.25) is 0 Å². The van der Waals surface area contributed by atoms with Gasteiger partial charge < -0.3 is 15.5 Å². The van der Waals surface area contributed by atoms with Crippen LogP contribution in [-0.4, -0.2) is 43.7 Å². The molecule has 7 heteroatoms. The standard InChI is InChI=1S/C29H33N5O2/c1-29(2,3)28(36)33-20-13-14-24(19(17-20)18-30)31-15-16-32-26-21-9-5-6-10-22(21)27(35)34(4)25-12-8-7-11-23(25)26/h5-14,19-20,26,32H,15-17H2,1-4H3,(H,33,36). The smallest absolute Gasteiger partial charge is 0.258 e. The molecule has 2 aliphatic rings. The number of rotatable bonds is 5. The SMILES string of the molecule is CN1C(=O)c2ccccc2C(NCCN=C2C=CC(NC(=O)C(C)(C)C)CC2C#N)c2ccccc21. The maximum Gasteiger partial charge on any atom is 0.258 e. The zero-order chi connectivity index (χ0) is 25.9. The Bertz CT molecular complexity index is 1250. The van der Waals surface area contributed by atoms with E-state index >= 15 is 0 Å². The van der Waals surface area contributed by atoms with Crippen LogP contribution in [0.15, 0.2) is 65.7 Å². The molecule has 2 aromatic carbocycles. The lowest BCUT2D eigenvalue weighted by molar-refractivity contribution is -0.129. The van der Waals surface area contributed by atoms with Crippen LogP contribution in [0.25, 0.3) is 0 Å². The maximum atomic E-state index is 13.1. The summed E-state index contributed by atoms with van der Waals surface area (Å²) in [7, 11) is 1.81. The van der Waals surface area contributed by atoms with E-state index in [1.54, 1.807) is 11.9 Å². The van der Waals surface area contributed by atoms with Crippen molar-refractivity contribution in [3.05, 3.63) is 77.4 Å². The number of benzene rings is 2. The van der Waals surface area contributed by atoms with Crippen molar-refractivity contribution < 1.29 is 9.59 Å². The molecule has 1 aliphatic heterocycles. The number of nitriles is 1. The summed E-state index contributed by atoms with van der Waals surface area (Å²) in [5.41, 5.74) is 3.79. The third-order valence-electron chi connectivity index (χ3n) is 6.67. The Morgan fingerprint density at radius 2 is 1.83 bits per heavy atom. The van der Waals surface area contributed by atoms with Gasteiger partial charge in [0.1, 0.15) is 0 Å². The molecule has 7 nitrogen and oxygen atoms in total. The van der Waals surface area contributed by atoms with Crippen molar-refractivity contribution in [3.8, 4) is 6.07 Å². The summed E-state index contributed by atoms with van der Waals surface area (Å²) < 4.78 is 0. The number of allylic oxidation sites excluding steroid dienone is 1. The normalized spacial score (nSPS) is 22.4. The number of nitrogens with zero attached hydrogens (tertiary/aromatic N) is 3. The minimum atomic E-state index is -0.481. The van der Waals surface area contributed by atoms with Crippen LogP contribution in [0.3, 0.4) is 0 Å². The van der Waals surface area contributed by atoms with Gasteiger partial charge in [-0.05, 0) is 35.8 Å². The fourth-order valence-electron chi connectivity index (χ4n) is 4.61. The molecule has 0 bridgehead atoms. The molecule has 4 rings (SSSR count). The van der Waals surface area contributed by atoms with E-state index in [0.717, 1.165) is 22.5 Å². The number of para-hydroxylation sites is 1. The molecule has 3 unspecified atom stereocenters. The van der Waals surface area contributed by atoms with Crippen LogP contribution >= 0.6 is 0 Å². The van der Waals surface area contributed by atoms with E-state index in [2.05, 4.69) is 16.7 Å². The Hall–Kier alpha value is -3.76. The second-order valence-corrected chi connectivity index (χ2v) is 10.3. The van der Waals surface area contributed by atoms with Crippen molar-refractivity contribution in [2.24, 2.45) is 16.3 Å². The average molecular weight is 484 g/mol. The predicted molar refractivity (Wildman–Crippen MR) is 142 cm³/mol. The molecule has 1 aliphatic carbocycles. The van der Waals surface area contributed by atoms with Crippen molar-refractivity contribution in [3.63, 3.8) is 0 Å². The Morgan fingerprint density at radius 1 is 1.14 bits per heavy atom. The number of anilines is 1. The molecule has 3 atom stereocenters. The highest BCUT2D eigenvalue weighted by Gasteiger charge is 2.30. The summed E-state index contributed by atoms with van der Waals surface area (Å²) in [6.07, 6.45) is 4.29. The van der Waals surface area contributed by atoms with Crippen LogP contribution in [-0.2, 0) is 4.79 Å². The highest BCUT2D eigenvalue weighted by atomic mass is 16.2. The number of hydrogen-bond donors (Lipinski definition) is 2. The van der Waals surface area contributed by atoms with Gasteiger partial charge >= 0.3 is 0 Å². The fraction of sp³-hybridized carbons (Fsp3) is 0.379. The number of aliphatic imine (C=N–C) groups is 1. The lowest BCUT2D eigenvalue weighted by Crippen LogP contribution is -2.43. The molecule has 0 saturated carbocycles. The van der Waals surface area contributed by atoms with E-state index in [9.17, 15) is 14.9 Å². The number of nitrogens with one attached hydrogen (secondary N) is 2. The molecular formula is C29H33N5O2. The van der Waals surface area contributed by atoms with Gasteiger partial charge in [-0.2, -0.15) is 5.26 Å². The monoisotopic (exact) mass is 483 g/mol. The van der Waals surface area contributed by atoms with Crippen molar-refractivity contribution in [1.29, 1.82) is 5.26 Å². The number of hydrogen-bond acceptors (Lipinski definition) is 5. The average Bonchev–Trinajstić information content (AvgIpc) is 2.96. The first-order valence-electron chi connectivity index (χ1n) is 12.3. The van der Waals surface area contributed by atoms with Gasteiger partial charge in [-0.3, -0.25) is 14.6 Å². The lowest BCUT2D eigenvalue weighted by Gasteiger charge is -2.26. The van der Waals surface area contributed by atoms with E-state index in [1.807, 2.05) is 81.5 Å². The van der Waals surface area contributed by atoms with E-state index in [1.165, 1.54) is 0 Å². The minimum Gasteiger partial charge on any atom is -0.349 e. The zero-order valence-corrected chi connectivity index (χ0v) is 21.3. The summed E-state index contributed by atoms with van der Waals surface area (Å²) in [5, 5.41) is 16.3. The van der Waals surface area contributed by atoms with Crippen LogP contribution < -0.4 is 15.5 Å². The molecule has 0 spiro atoms. The fourth-order valence-corrected chi connectivity index (χ4v) is 4.61. The molecular weight excluding hydrogens is 450 g/mol. The van der Waals surface area contributed by atoms with Gasteiger partial charge in [-0.1, -0.05) is 63.2 Å². The first-order valence-corrected chi connectivity index (χ1v) is 12.3. The highest BCUT2D eigenvalue weighted by molar-refractivity contribution is 6.08. The second-order valence-electron chi connectivity index (χ2n) is 10.3. The molecule has 2 N–H and O–H groups in total. The topological polar surface area (TPSA) is 97.6 Å². The predicted octanol–water partition coefficient (Wildman–Crippen LogP) is 4.03. The van der Waals surface area contributed by atoms with E-state index in [4.69, 9.17) is 4.99 Å². The van der Waals surface area contributed by atoms with Gasteiger partial charge in [-0.15, -0.1) is 0 Å². The summed E-state index contributed by atoms with van der Waals surface area (Å²) in [6.45, 7) is 6.67. The molecule has 186 valence electrons. The Labute approximate surface area is 212 Å². The second kappa shape index (κ2) is 10.5. The van der Waals surface area contributed by atoms with E-state index < -0.39 is 5.41 Å². The van der Waals surface area contributed by atoms with E-state index in [-0.39, 0.29) is 29.8 Å². The molecule has 1 heterocycles. The van der Waals surface area contributed by atoms with Crippen LogP contribution in [0, 0.1) is 22.7 Å². The molecule has 36 heavy (non-hydrogen) atoms. The molecule has 0 radical (unpaired) electrons. The molecule has 2 aromatic rings. The van der Waals surface area contributed by atoms with Crippen molar-refractivity contribution >= 4 is 23.2 Å². The molecule has 0 fully saturated rings. The van der Waals surface area contributed by atoms with Crippen LogP contribution in [0.5, 0.6) is 0 Å². The number of amides is 2. The van der Waals surface area contributed by atoms with Gasteiger partial charge in [0.05, 0.1) is 30.3 Å². The van der Waals surface area contributed by atoms with Crippen molar-refractivity contribution in [1.82, 2.24) is 10.6 Å². The third kappa shape index (κ3) is 5.24. The van der Waals surface area contributed by atoms with Gasteiger partial charge in [-0.25, -0.2) is 0 Å². The third-order valence-corrected chi connectivity index (χ3v) is 6.67. The number of carbonyl (C=O) groups is 2. The van der Waals surface area contributed by atoms with Crippen LogP contribution in [0.1, 0.15) is 54.7 Å². The first kappa shape index (κ1) is 25.3. The summed E-state index contributed by atoms with van der Waals surface area (Å²) in [5.74, 6) is -0.433. The quantitative estimate of drug-likeness (QED) is 0.628. The maximum absolute atomic E-state index is 13.1. The Kier molecular flexibility index (Phi) is 7.37. The highest BCUT2D eigenvalue weighted by Crippen LogP contribution is 2.36. The van der Waals surface area contributed by atoms with Gasteiger partial charge in [0.25, 0.3) is 5.91 Å². The zero-order valence-electron chi connectivity index (χ0n) is 21.3. The molecule has 0 saturated heterocycles. The van der Waals surface area contributed by atoms with Gasteiger partial charge in [0.2, 0.25) is 5.91 Å². The number of fused-ring (bicyclic) bond motifs is 2. The van der Waals surface area contributed by atoms with Gasteiger partial charge in [0.15, 0.2) is 0 Å². The number of carbonyl (C=O) groups excluding carboxylic acids is 2. The Morgan fingerprint density at radius 3 is 2.56 bits per heavy atom. The van der Waals surface area contributed by atoms with Crippen molar-refractivity contribution in [2.75, 3.05) is 25.0 Å². The van der Waals surface area contributed by atoms with E-state index in [0.29, 0.717) is 25.1 Å². The summed E-state index contributed by atoms with van der Waals surface area (Å²) >= 11 is 0. The first-order chi connectivity index (χ1) is 17.2. The summed E-state index contributed by atoms with van der Waals surface area (Å²) in [4.78, 5) is 31.8. The largest absolute Gasteiger partial charge is 0.349 e. The molecule has 0 aromatic heterocycles. The van der Waals surface area contributed by atoms with Crippen LogP contribution in [0.4, 0.5) is 5.69 Å². The Balaban J connectivity index is 1.48. The van der Waals surface area contributed by atoms with Gasteiger partial charge in [0, 0.05) is 36.3 Å². The minimum absolute atomic E-state index is 0.0279. The summed E-state index contributed by atoms with van der Waals surface area (Å²) in [6, 6.07) is 17.6. The molecule has 2 amide bonds. The lowest BCUT2D eigenvalue weighted by atomic mass is 9.88.